The molecule has 0 rings (SSSR count). The van der Waals surface area contributed by atoms with Crippen LogP contribution in [0.25, 0.3) is 0 Å². The van der Waals surface area contributed by atoms with Crippen molar-refractivity contribution in [3.63, 3.8) is 0 Å². The van der Waals surface area contributed by atoms with E-state index in [0.717, 1.165) is 38.7 Å². The summed E-state index contributed by atoms with van der Waals surface area (Å²) in [4.78, 5) is 17.5. The van der Waals surface area contributed by atoms with Gasteiger partial charge in [-0.2, -0.15) is 0 Å². The van der Waals surface area contributed by atoms with Gasteiger partial charge in [-0.15, -0.1) is 0 Å². The molecule has 0 aliphatic carbocycles. The molecular formula is C15H32N4O2. The van der Waals surface area contributed by atoms with Gasteiger partial charge < -0.3 is 20.3 Å². The van der Waals surface area contributed by atoms with Crippen LogP contribution in [-0.4, -0.2) is 63.7 Å². The quantitative estimate of drug-likeness (QED) is 0.360. The highest BCUT2D eigenvalue weighted by Gasteiger charge is 2.04. The lowest BCUT2D eigenvalue weighted by molar-refractivity contribution is -0.128. The predicted octanol–water partition coefficient (Wildman–Crippen LogP) is 1.08. The van der Waals surface area contributed by atoms with E-state index >= 15 is 0 Å². The van der Waals surface area contributed by atoms with Crippen LogP contribution >= 0.6 is 0 Å². The number of ether oxygens (including phenoxy) is 1. The highest BCUT2D eigenvalue weighted by atomic mass is 16.5. The Labute approximate surface area is 129 Å². The van der Waals surface area contributed by atoms with Crippen molar-refractivity contribution in [1.29, 1.82) is 0 Å². The minimum absolute atomic E-state index is 0.112. The van der Waals surface area contributed by atoms with Crippen molar-refractivity contribution in [2.45, 2.75) is 33.6 Å². The summed E-state index contributed by atoms with van der Waals surface area (Å²) in [6.07, 6.45) is 1.37. The fraction of sp³-hybridized carbons (Fsp3) is 0.867. The standard InChI is InChI=1S/C15H32N4O2/c1-6-16-15(18-10-8-14(20)19(4)5)17-9-7-11-21-12-13(2)3/h13H,6-12H2,1-5H3,(H2,16,17,18). The summed E-state index contributed by atoms with van der Waals surface area (Å²) in [7, 11) is 3.53. The Bertz CT molecular complexity index is 304. The zero-order valence-corrected chi connectivity index (χ0v) is 14.2. The summed E-state index contributed by atoms with van der Waals surface area (Å²) in [5, 5.41) is 6.33. The average molecular weight is 300 g/mol. The molecule has 0 saturated carbocycles. The largest absolute Gasteiger partial charge is 0.381 e. The van der Waals surface area contributed by atoms with Crippen LogP contribution in [0.15, 0.2) is 4.99 Å². The van der Waals surface area contributed by atoms with Crippen LogP contribution in [0.2, 0.25) is 0 Å². The van der Waals surface area contributed by atoms with E-state index in [2.05, 4.69) is 29.5 Å². The second kappa shape index (κ2) is 12.4. The molecule has 0 radical (unpaired) electrons. The zero-order chi connectivity index (χ0) is 16.1. The van der Waals surface area contributed by atoms with Crippen molar-refractivity contribution < 1.29 is 9.53 Å². The second-order valence-electron chi connectivity index (χ2n) is 5.55. The summed E-state index contributed by atoms with van der Waals surface area (Å²) in [6.45, 7) is 9.95. The first-order chi connectivity index (χ1) is 9.97. The van der Waals surface area contributed by atoms with E-state index < -0.39 is 0 Å². The molecule has 0 aliphatic heterocycles. The Hall–Kier alpha value is -1.30. The van der Waals surface area contributed by atoms with Crippen molar-refractivity contribution in [3.05, 3.63) is 0 Å². The van der Waals surface area contributed by atoms with Crippen molar-refractivity contribution >= 4 is 11.9 Å². The van der Waals surface area contributed by atoms with Crippen molar-refractivity contribution in [1.82, 2.24) is 15.5 Å². The molecule has 124 valence electrons. The predicted molar refractivity (Wildman–Crippen MR) is 87.6 cm³/mol. The van der Waals surface area contributed by atoms with Gasteiger partial charge in [0, 0.05) is 53.4 Å². The first-order valence-corrected chi connectivity index (χ1v) is 7.77. The lowest BCUT2D eigenvalue weighted by atomic mass is 10.2. The molecular weight excluding hydrogens is 268 g/mol. The molecule has 21 heavy (non-hydrogen) atoms. The first-order valence-electron chi connectivity index (χ1n) is 7.77. The zero-order valence-electron chi connectivity index (χ0n) is 14.2. The molecule has 0 spiro atoms. The van der Waals surface area contributed by atoms with Crippen molar-refractivity contribution in [3.8, 4) is 0 Å². The molecule has 0 atom stereocenters. The maximum Gasteiger partial charge on any atom is 0.223 e. The molecule has 0 aromatic carbocycles. The summed E-state index contributed by atoms with van der Waals surface area (Å²) < 4.78 is 5.52. The van der Waals surface area contributed by atoms with Crippen LogP contribution in [-0.2, 0) is 9.53 Å². The monoisotopic (exact) mass is 300 g/mol. The Morgan fingerprint density at radius 1 is 1.29 bits per heavy atom. The van der Waals surface area contributed by atoms with Gasteiger partial charge in [0.1, 0.15) is 0 Å². The molecule has 2 N–H and O–H groups in total. The molecule has 0 bridgehead atoms. The topological polar surface area (TPSA) is 66.0 Å². The number of nitrogens with one attached hydrogen (secondary N) is 2. The molecule has 6 nitrogen and oxygen atoms in total. The van der Waals surface area contributed by atoms with Crippen molar-refractivity contribution in [2.24, 2.45) is 10.9 Å². The van der Waals surface area contributed by atoms with Crippen LogP contribution in [0.1, 0.15) is 33.6 Å². The Morgan fingerprint density at radius 2 is 2.00 bits per heavy atom. The highest BCUT2D eigenvalue weighted by molar-refractivity contribution is 5.81. The van der Waals surface area contributed by atoms with E-state index in [1.807, 2.05) is 6.92 Å². The van der Waals surface area contributed by atoms with E-state index in [4.69, 9.17) is 4.74 Å². The van der Waals surface area contributed by atoms with Gasteiger partial charge in [-0.25, -0.2) is 0 Å². The van der Waals surface area contributed by atoms with E-state index in [0.29, 0.717) is 18.9 Å². The van der Waals surface area contributed by atoms with E-state index in [9.17, 15) is 4.79 Å². The van der Waals surface area contributed by atoms with E-state index in [-0.39, 0.29) is 5.91 Å². The van der Waals surface area contributed by atoms with Gasteiger partial charge in [0.05, 0.1) is 0 Å². The number of nitrogens with zero attached hydrogens (tertiary/aromatic N) is 2. The number of guanidine groups is 1. The normalized spacial score (nSPS) is 11.6. The summed E-state index contributed by atoms with van der Waals surface area (Å²) in [6, 6.07) is 0. The summed E-state index contributed by atoms with van der Waals surface area (Å²) >= 11 is 0. The fourth-order valence-electron chi connectivity index (χ4n) is 1.53. The average Bonchev–Trinajstić information content (AvgIpc) is 2.41. The maximum absolute atomic E-state index is 11.5. The Morgan fingerprint density at radius 3 is 2.57 bits per heavy atom. The highest BCUT2D eigenvalue weighted by Crippen LogP contribution is 1.93. The van der Waals surface area contributed by atoms with Gasteiger partial charge in [0.2, 0.25) is 5.91 Å². The molecule has 0 unspecified atom stereocenters. The third-order valence-electron chi connectivity index (χ3n) is 2.64. The SMILES string of the molecule is CCNC(=NCCCOCC(C)C)NCCC(=O)N(C)C. The minimum Gasteiger partial charge on any atom is -0.381 e. The lowest BCUT2D eigenvalue weighted by Crippen LogP contribution is -2.39. The van der Waals surface area contributed by atoms with Gasteiger partial charge in [-0.05, 0) is 19.3 Å². The lowest BCUT2D eigenvalue weighted by Gasteiger charge is -2.13. The molecule has 0 fully saturated rings. The Balaban J connectivity index is 3.88. The summed E-state index contributed by atoms with van der Waals surface area (Å²) in [5.41, 5.74) is 0. The van der Waals surface area contributed by atoms with E-state index in [1.165, 1.54) is 0 Å². The molecule has 0 heterocycles. The third kappa shape index (κ3) is 12.2. The van der Waals surface area contributed by atoms with Gasteiger partial charge in [-0.1, -0.05) is 13.8 Å². The summed E-state index contributed by atoms with van der Waals surface area (Å²) in [5.74, 6) is 1.44. The van der Waals surface area contributed by atoms with Gasteiger partial charge >= 0.3 is 0 Å². The van der Waals surface area contributed by atoms with Gasteiger partial charge in [0.15, 0.2) is 5.96 Å². The molecule has 0 aromatic rings. The second-order valence-corrected chi connectivity index (χ2v) is 5.55. The van der Waals surface area contributed by atoms with Crippen LogP contribution in [0.5, 0.6) is 0 Å². The molecule has 0 aliphatic rings. The van der Waals surface area contributed by atoms with Crippen LogP contribution in [0.4, 0.5) is 0 Å². The number of hydrogen-bond donors (Lipinski definition) is 2. The third-order valence-corrected chi connectivity index (χ3v) is 2.64. The van der Waals surface area contributed by atoms with Gasteiger partial charge in [0.25, 0.3) is 0 Å². The minimum atomic E-state index is 0.112. The number of rotatable bonds is 10. The smallest absolute Gasteiger partial charge is 0.223 e. The molecule has 0 saturated heterocycles. The molecule has 6 heteroatoms. The van der Waals surface area contributed by atoms with Crippen molar-refractivity contribution in [2.75, 3.05) is 46.9 Å². The number of aliphatic imine (C=N–C) groups is 1. The maximum atomic E-state index is 11.5. The van der Waals surface area contributed by atoms with E-state index in [1.54, 1.807) is 19.0 Å². The van der Waals surface area contributed by atoms with Crippen LogP contribution in [0, 0.1) is 5.92 Å². The van der Waals surface area contributed by atoms with Crippen LogP contribution < -0.4 is 10.6 Å². The molecule has 1 amide bonds. The first kappa shape index (κ1) is 19.7. The number of hydrogen-bond acceptors (Lipinski definition) is 3. The number of carbonyl (C=O) groups excluding carboxylic acids is 1. The van der Waals surface area contributed by atoms with Gasteiger partial charge in [-0.3, -0.25) is 9.79 Å². The number of carbonyl (C=O) groups is 1. The molecule has 0 aromatic heterocycles. The number of amides is 1. The fourth-order valence-corrected chi connectivity index (χ4v) is 1.53. The van der Waals surface area contributed by atoms with Crippen LogP contribution in [0.3, 0.4) is 0 Å². The Kier molecular flexibility index (Phi) is 11.7.